The molecule has 0 saturated carbocycles. The van der Waals surface area contributed by atoms with Gasteiger partial charge < -0.3 is 14.2 Å². The van der Waals surface area contributed by atoms with Crippen molar-refractivity contribution in [3.8, 4) is 0 Å². The summed E-state index contributed by atoms with van der Waals surface area (Å²) in [7, 11) is 0. The normalized spacial score (nSPS) is 12.9. The summed E-state index contributed by atoms with van der Waals surface area (Å²) in [6.07, 6.45) is 87.1. The van der Waals surface area contributed by atoms with Crippen molar-refractivity contribution in [3.63, 3.8) is 0 Å². The van der Waals surface area contributed by atoms with Gasteiger partial charge in [0.1, 0.15) is 13.2 Å². The van der Waals surface area contributed by atoms with Crippen molar-refractivity contribution >= 4 is 17.9 Å². The minimum Gasteiger partial charge on any atom is -0.462 e. The molecule has 0 aliphatic carbocycles. The fraction of sp³-hybridized carbons (Fsp3) is 0.667. The summed E-state index contributed by atoms with van der Waals surface area (Å²) in [4.78, 5) is 37.8. The zero-order chi connectivity index (χ0) is 54.3. The molecule has 6 nitrogen and oxygen atoms in total. The van der Waals surface area contributed by atoms with E-state index in [1.54, 1.807) is 0 Å². The first kappa shape index (κ1) is 70.8. The van der Waals surface area contributed by atoms with Crippen molar-refractivity contribution in [2.24, 2.45) is 0 Å². The van der Waals surface area contributed by atoms with Gasteiger partial charge in [0.05, 0.1) is 0 Å². The maximum absolute atomic E-state index is 12.7. The van der Waals surface area contributed by atoms with Crippen LogP contribution in [0.5, 0.6) is 0 Å². The van der Waals surface area contributed by atoms with E-state index >= 15 is 0 Å². The van der Waals surface area contributed by atoms with Crippen LogP contribution in [0.2, 0.25) is 0 Å². The minimum absolute atomic E-state index is 0.108. The molecule has 1 atom stereocenters. The zero-order valence-corrected chi connectivity index (χ0v) is 48.8. The minimum atomic E-state index is -0.815. The molecule has 6 heteroatoms. The molecule has 0 aliphatic heterocycles. The van der Waals surface area contributed by atoms with Crippen molar-refractivity contribution in [1.82, 2.24) is 0 Å². The lowest BCUT2D eigenvalue weighted by Gasteiger charge is -2.18. The third-order valence-electron chi connectivity index (χ3n) is 13.0. The number of esters is 3. The first-order valence-corrected chi connectivity index (χ1v) is 31.0. The van der Waals surface area contributed by atoms with Crippen LogP contribution in [-0.4, -0.2) is 37.2 Å². The second kappa shape index (κ2) is 62.4. The van der Waals surface area contributed by atoms with Crippen LogP contribution in [0.1, 0.15) is 278 Å². The first-order valence-electron chi connectivity index (χ1n) is 31.0. The third-order valence-corrected chi connectivity index (χ3v) is 13.0. The highest BCUT2D eigenvalue weighted by Crippen LogP contribution is 2.16. The largest absolute Gasteiger partial charge is 0.462 e. The number of allylic oxidation sites excluding steroid dienone is 20. The molecule has 0 aliphatic rings. The molecule has 0 aromatic rings. The Kier molecular flexibility index (Phi) is 58.9. The van der Waals surface area contributed by atoms with Crippen LogP contribution in [0.4, 0.5) is 0 Å². The summed E-state index contributed by atoms with van der Waals surface area (Å²) >= 11 is 0. The van der Waals surface area contributed by atoms with Crippen LogP contribution in [0, 0.1) is 0 Å². The van der Waals surface area contributed by atoms with E-state index in [1.807, 2.05) is 12.2 Å². The Labute approximate surface area is 462 Å². The number of carbonyl (C=O) groups is 3. The zero-order valence-electron chi connectivity index (χ0n) is 48.8. The van der Waals surface area contributed by atoms with Gasteiger partial charge in [0.2, 0.25) is 0 Å². The monoisotopic (exact) mass is 1040 g/mol. The van der Waals surface area contributed by atoms with Crippen LogP contribution in [0.25, 0.3) is 0 Å². The molecule has 0 aromatic heterocycles. The van der Waals surface area contributed by atoms with Gasteiger partial charge in [-0.3, -0.25) is 14.4 Å². The molecule has 0 rings (SSSR count). The number of rotatable bonds is 55. The van der Waals surface area contributed by atoms with E-state index in [2.05, 4.69) is 130 Å². The van der Waals surface area contributed by atoms with Crippen LogP contribution >= 0.6 is 0 Å². The van der Waals surface area contributed by atoms with Crippen LogP contribution in [0.3, 0.4) is 0 Å². The summed E-state index contributed by atoms with van der Waals surface area (Å²) in [6, 6.07) is 0. The summed E-state index contributed by atoms with van der Waals surface area (Å²) < 4.78 is 16.7. The molecule has 0 amide bonds. The Balaban J connectivity index is 4.03. The Hall–Kier alpha value is -4.19. The van der Waals surface area contributed by atoms with E-state index in [1.165, 1.54) is 116 Å². The summed E-state index contributed by atoms with van der Waals surface area (Å²) in [5.74, 6) is -1.00. The topological polar surface area (TPSA) is 78.9 Å². The number of hydrogen-bond acceptors (Lipinski definition) is 6. The van der Waals surface area contributed by atoms with E-state index in [0.717, 1.165) is 116 Å². The Morgan fingerprint density at radius 2 is 0.547 bits per heavy atom. The van der Waals surface area contributed by atoms with Gasteiger partial charge in [0, 0.05) is 19.3 Å². The highest BCUT2D eigenvalue weighted by Gasteiger charge is 2.19. The van der Waals surface area contributed by atoms with Crippen LogP contribution < -0.4 is 0 Å². The quantitative estimate of drug-likeness (QED) is 0.0261. The second-order valence-electron chi connectivity index (χ2n) is 20.2. The van der Waals surface area contributed by atoms with Gasteiger partial charge >= 0.3 is 17.9 Å². The molecule has 0 bridgehead atoms. The second-order valence-corrected chi connectivity index (χ2v) is 20.2. The lowest BCUT2D eigenvalue weighted by molar-refractivity contribution is -0.166. The fourth-order valence-electron chi connectivity index (χ4n) is 8.40. The number of unbranched alkanes of at least 4 members (excludes halogenated alkanes) is 24. The van der Waals surface area contributed by atoms with Crippen LogP contribution in [0.15, 0.2) is 122 Å². The molecule has 0 N–H and O–H groups in total. The maximum atomic E-state index is 12.7. The van der Waals surface area contributed by atoms with Gasteiger partial charge in [0.15, 0.2) is 6.10 Å². The molecule has 0 aromatic carbocycles. The molecule has 75 heavy (non-hydrogen) atoms. The van der Waals surface area contributed by atoms with Gasteiger partial charge in [-0.2, -0.15) is 0 Å². The molecule has 0 saturated heterocycles. The molecule has 0 fully saturated rings. The summed E-state index contributed by atoms with van der Waals surface area (Å²) in [5, 5.41) is 0. The first-order chi connectivity index (χ1) is 37.0. The molecule has 1 unspecified atom stereocenters. The summed E-state index contributed by atoms with van der Waals surface area (Å²) in [6.45, 7) is 6.27. The van der Waals surface area contributed by atoms with E-state index in [-0.39, 0.29) is 31.6 Å². The van der Waals surface area contributed by atoms with E-state index in [4.69, 9.17) is 14.2 Å². The number of hydrogen-bond donors (Lipinski definition) is 0. The SMILES string of the molecule is CC/C=C\C/C=C\C/C=C\C/C=C\C/C=C\C/C=C\CCC(=O)OC(COC(=O)CCCCCCC)COC(=O)CCCCCCCCCCCCCCCCCCCCCC/C=C\C/C=C\C/C=C\C/C=C\CC. The lowest BCUT2D eigenvalue weighted by atomic mass is 10.0. The van der Waals surface area contributed by atoms with Crippen molar-refractivity contribution in [2.45, 2.75) is 284 Å². The van der Waals surface area contributed by atoms with Gasteiger partial charge in [-0.05, 0) is 96.3 Å². The van der Waals surface area contributed by atoms with E-state index < -0.39 is 12.1 Å². The maximum Gasteiger partial charge on any atom is 0.306 e. The van der Waals surface area contributed by atoms with Gasteiger partial charge in [-0.15, -0.1) is 0 Å². The number of carbonyl (C=O) groups excluding carboxylic acids is 3. The van der Waals surface area contributed by atoms with Crippen molar-refractivity contribution in [1.29, 1.82) is 0 Å². The van der Waals surface area contributed by atoms with Gasteiger partial charge in [-0.1, -0.05) is 284 Å². The lowest BCUT2D eigenvalue weighted by Crippen LogP contribution is -2.30. The molecular weight excluding hydrogens is 925 g/mol. The standard InChI is InChI=1S/C69H114O6/c1-4-7-10-13-15-17-19-21-23-25-27-28-29-30-31-32-33-34-35-36-37-38-39-40-42-43-45-47-49-51-53-56-59-62-68(71)74-65-66(64-73-67(70)61-58-55-12-9-6-3)75-69(72)63-60-57-54-52-50-48-46-44-41-26-24-22-20-18-16-14-11-8-5-2/h7-8,10-11,15-18,21-24,27-28,41,44,48,50,54,57,66H,4-6,9,12-14,19-20,25-26,29-40,42-43,45-47,49,51-53,55-56,58-65H2,1-3H3/b10-7-,11-8-,17-15-,18-16-,23-21-,24-22-,28-27-,44-41-,50-48-,57-54-. The van der Waals surface area contributed by atoms with E-state index in [0.29, 0.717) is 19.3 Å². The third kappa shape index (κ3) is 60.6. The Morgan fingerprint density at radius 3 is 0.867 bits per heavy atom. The van der Waals surface area contributed by atoms with Crippen molar-refractivity contribution in [3.05, 3.63) is 122 Å². The predicted octanol–water partition coefficient (Wildman–Crippen LogP) is 21.2. The molecule has 0 radical (unpaired) electrons. The molecule has 0 heterocycles. The average molecular weight is 1040 g/mol. The smallest absolute Gasteiger partial charge is 0.306 e. The molecule has 0 spiro atoms. The summed E-state index contributed by atoms with van der Waals surface area (Å²) in [5.41, 5.74) is 0. The van der Waals surface area contributed by atoms with E-state index in [9.17, 15) is 14.4 Å². The van der Waals surface area contributed by atoms with Gasteiger partial charge in [-0.25, -0.2) is 0 Å². The fourth-order valence-corrected chi connectivity index (χ4v) is 8.40. The number of ether oxygens (including phenoxy) is 3. The van der Waals surface area contributed by atoms with Crippen molar-refractivity contribution in [2.75, 3.05) is 13.2 Å². The molecule has 426 valence electrons. The molecular formula is C69H114O6. The predicted molar refractivity (Wildman–Crippen MR) is 325 cm³/mol. The van der Waals surface area contributed by atoms with Gasteiger partial charge in [0.25, 0.3) is 0 Å². The Morgan fingerprint density at radius 1 is 0.280 bits per heavy atom. The highest BCUT2D eigenvalue weighted by molar-refractivity contribution is 5.71. The van der Waals surface area contributed by atoms with Crippen LogP contribution in [-0.2, 0) is 28.6 Å². The average Bonchev–Trinajstić information content (AvgIpc) is 3.41. The van der Waals surface area contributed by atoms with Crippen molar-refractivity contribution < 1.29 is 28.6 Å². The highest BCUT2D eigenvalue weighted by atomic mass is 16.6. The Bertz CT molecular complexity index is 1570.